The van der Waals surface area contributed by atoms with Crippen LogP contribution in [0.5, 0.6) is 5.75 Å². The predicted molar refractivity (Wildman–Crippen MR) is 121 cm³/mol. The Morgan fingerprint density at radius 2 is 2.24 bits per heavy atom. The zero-order valence-corrected chi connectivity index (χ0v) is 20.3. The predicted octanol–water partition coefficient (Wildman–Crippen LogP) is -0.126. The molecule has 2 aliphatic rings. The zero-order chi connectivity index (χ0) is 24.1. The molecule has 0 saturated carbocycles. The van der Waals surface area contributed by atoms with Gasteiger partial charge in [0.1, 0.15) is 29.6 Å². The molecule has 2 fully saturated rings. The minimum absolute atomic E-state index is 0.0907. The number of aliphatic hydroxyl groups excluding tert-OH is 2. The Kier molecular flexibility index (Phi) is 6.65. The summed E-state index contributed by atoms with van der Waals surface area (Å²) in [7, 11) is -3.10. The van der Waals surface area contributed by atoms with Crippen molar-refractivity contribution in [3.05, 3.63) is 45.8 Å². The van der Waals surface area contributed by atoms with Gasteiger partial charge >= 0.3 is 13.4 Å². The van der Waals surface area contributed by atoms with Crippen molar-refractivity contribution in [3.8, 4) is 5.75 Å². The monoisotopic (exact) mass is 519 g/mol. The molecule has 0 radical (unpaired) electrons. The van der Waals surface area contributed by atoms with E-state index >= 15 is 0 Å². The van der Waals surface area contributed by atoms with E-state index in [2.05, 4.69) is 24.3 Å². The average Bonchev–Trinajstić information content (AvgIpc) is 3.26. The Balaban J connectivity index is 1.36. The van der Waals surface area contributed by atoms with E-state index in [-0.39, 0.29) is 30.3 Å². The fraction of sp³-hybridized carbons (Fsp3) is 0.471. The Labute approximate surface area is 191 Å². The van der Waals surface area contributed by atoms with Crippen LogP contribution in [0.25, 0.3) is 0 Å². The van der Waals surface area contributed by atoms with Crippen LogP contribution in [0.3, 0.4) is 0 Å². The highest BCUT2D eigenvalue weighted by molar-refractivity contribution is 7.72. The Hall–Kier alpha value is -1.52. The van der Waals surface area contributed by atoms with Gasteiger partial charge in [-0.15, -0.1) is 9.24 Å². The lowest BCUT2D eigenvalue weighted by molar-refractivity contribution is 0.0224. The maximum absolute atomic E-state index is 12.4. The molecule has 0 spiro atoms. The number of nitrogens with zero attached hydrogens (tertiary/aromatic N) is 3. The third-order valence-corrected chi connectivity index (χ3v) is 11.0. The molecule has 180 valence electrons. The lowest BCUT2D eigenvalue weighted by Gasteiger charge is -2.24. The highest BCUT2D eigenvalue weighted by atomic mass is 31.2. The summed E-state index contributed by atoms with van der Waals surface area (Å²) >= 11 is 0. The molecular formula is C17H24N5O8P3. The van der Waals surface area contributed by atoms with E-state index in [4.69, 9.17) is 14.8 Å². The van der Waals surface area contributed by atoms with Gasteiger partial charge in [-0.25, -0.2) is 14.4 Å². The molecule has 7 unspecified atom stereocenters. The summed E-state index contributed by atoms with van der Waals surface area (Å²) in [5, 5.41) is 32.6. The summed E-state index contributed by atoms with van der Waals surface area (Å²) in [5.74, 6) is -0.527. The van der Waals surface area contributed by atoms with Crippen molar-refractivity contribution in [2.45, 2.75) is 43.0 Å². The molecule has 0 aromatic carbocycles. The van der Waals surface area contributed by atoms with Gasteiger partial charge in [-0.3, -0.25) is 14.1 Å². The van der Waals surface area contributed by atoms with Gasteiger partial charge in [0.2, 0.25) is 0 Å². The first-order chi connectivity index (χ1) is 15.5. The first kappa shape index (κ1) is 24.6. The van der Waals surface area contributed by atoms with Gasteiger partial charge in [0.15, 0.2) is 0 Å². The summed E-state index contributed by atoms with van der Waals surface area (Å²) < 4.78 is 24.7. The number of aryl methyl sites for hydroxylation is 1. The van der Waals surface area contributed by atoms with Crippen LogP contribution in [-0.2, 0) is 26.8 Å². The number of fused-ring (bicyclic) bond motifs is 1. The molecule has 13 nitrogen and oxygen atoms in total. The molecule has 0 bridgehead atoms. The van der Waals surface area contributed by atoms with E-state index in [0.717, 1.165) is 0 Å². The normalized spacial score (nSPS) is 30.1. The van der Waals surface area contributed by atoms with Crippen molar-refractivity contribution in [2.75, 3.05) is 12.3 Å². The third kappa shape index (κ3) is 4.46. The van der Waals surface area contributed by atoms with Gasteiger partial charge in [0, 0.05) is 30.1 Å². The molecule has 0 amide bonds. The Morgan fingerprint density at radius 1 is 1.52 bits per heavy atom. The second-order valence-corrected chi connectivity index (χ2v) is 12.9. The molecule has 16 heteroatoms. The molecule has 7 N–H and O–H groups in total. The van der Waals surface area contributed by atoms with Crippen LogP contribution in [-0.4, -0.2) is 58.5 Å². The summed E-state index contributed by atoms with van der Waals surface area (Å²) in [4.78, 5) is 29.1. The van der Waals surface area contributed by atoms with E-state index < -0.39 is 51.1 Å². The van der Waals surface area contributed by atoms with Gasteiger partial charge in [-0.05, 0) is 13.0 Å². The lowest BCUT2D eigenvalue weighted by atomic mass is 10.1. The Morgan fingerprint density at radius 3 is 2.85 bits per heavy atom. The minimum atomic E-state index is -4.35. The van der Waals surface area contributed by atoms with Crippen molar-refractivity contribution in [2.24, 2.45) is 0 Å². The number of aliphatic hydroxyl groups is 2. The van der Waals surface area contributed by atoms with Gasteiger partial charge in [-0.2, -0.15) is 4.98 Å². The standard InChI is InChI=1S/C17H24N5O8P3/c1-8-13(24)10(9(6-23)4-19-8)5-20-33(27,28)29-7-11-14(25)17(31)15(32(17)30-11)22-3-2-12(18)21-16(22)26/h2-4,11,14-15,23-25H,5-7,31H2,1H3,(H2,18,21,26)(H2,20,27,28). The molecule has 2 aromatic rings. The number of nitrogens with two attached hydrogens (primary N) is 1. The van der Waals surface area contributed by atoms with E-state index in [9.17, 15) is 29.6 Å². The van der Waals surface area contributed by atoms with Crippen LogP contribution in [0.2, 0.25) is 0 Å². The van der Waals surface area contributed by atoms with Gasteiger partial charge < -0.3 is 30.5 Å². The highest BCUT2D eigenvalue weighted by Crippen LogP contribution is 2.90. The Bertz CT molecular complexity index is 1180. The van der Waals surface area contributed by atoms with Gasteiger partial charge in [0.05, 0.1) is 32.0 Å². The number of aromatic nitrogens is 3. The van der Waals surface area contributed by atoms with Crippen molar-refractivity contribution in [1.29, 1.82) is 0 Å². The molecule has 2 aliphatic heterocycles. The van der Waals surface area contributed by atoms with Crippen molar-refractivity contribution in [1.82, 2.24) is 19.6 Å². The van der Waals surface area contributed by atoms with Gasteiger partial charge in [0.25, 0.3) is 0 Å². The maximum Gasteiger partial charge on any atom is 0.403 e. The van der Waals surface area contributed by atoms with Crippen LogP contribution < -0.4 is 16.5 Å². The number of hydrogen-bond donors (Lipinski definition) is 6. The molecule has 4 rings (SSSR count). The second kappa shape index (κ2) is 8.92. The molecule has 33 heavy (non-hydrogen) atoms. The smallest absolute Gasteiger partial charge is 0.403 e. The van der Waals surface area contributed by atoms with E-state index in [1.165, 1.54) is 23.0 Å². The van der Waals surface area contributed by atoms with Crippen LogP contribution in [0.4, 0.5) is 5.82 Å². The van der Waals surface area contributed by atoms with Crippen LogP contribution >= 0.6 is 25.1 Å². The number of pyridine rings is 1. The lowest BCUT2D eigenvalue weighted by Crippen LogP contribution is -2.39. The number of nitrogens with one attached hydrogen (secondary N) is 1. The summed E-state index contributed by atoms with van der Waals surface area (Å²) in [6, 6.07) is 1.48. The molecule has 2 aromatic heterocycles. The molecular weight excluding hydrogens is 495 g/mol. The third-order valence-electron chi connectivity index (χ3n) is 5.61. The van der Waals surface area contributed by atoms with E-state index in [0.29, 0.717) is 11.3 Å². The maximum atomic E-state index is 12.4. The summed E-state index contributed by atoms with van der Waals surface area (Å²) in [6.45, 7) is 0.501. The first-order valence-electron chi connectivity index (χ1n) is 9.77. The number of hydrogen-bond acceptors (Lipinski definition) is 10. The van der Waals surface area contributed by atoms with E-state index in [1.54, 1.807) is 6.92 Å². The van der Waals surface area contributed by atoms with Crippen LogP contribution in [0, 0.1) is 6.92 Å². The van der Waals surface area contributed by atoms with Gasteiger partial charge in [-0.1, -0.05) is 0 Å². The second-order valence-electron chi connectivity index (χ2n) is 7.72. The zero-order valence-electron chi connectivity index (χ0n) is 17.4. The fourth-order valence-electron chi connectivity index (χ4n) is 3.70. The first-order valence-corrected chi connectivity index (χ1v) is 13.2. The van der Waals surface area contributed by atoms with Crippen LogP contribution in [0.15, 0.2) is 23.3 Å². The molecule has 7 atom stereocenters. The summed E-state index contributed by atoms with van der Waals surface area (Å²) in [6.07, 6.45) is 0.903. The summed E-state index contributed by atoms with van der Waals surface area (Å²) in [5.41, 5.74) is 5.78. The number of anilines is 1. The molecule has 4 heterocycles. The number of rotatable bonds is 8. The quantitative estimate of drug-likeness (QED) is 0.253. The van der Waals surface area contributed by atoms with Crippen molar-refractivity contribution in [3.63, 3.8) is 0 Å². The molecule has 2 saturated heterocycles. The van der Waals surface area contributed by atoms with Crippen molar-refractivity contribution >= 4 is 31.0 Å². The fourth-order valence-corrected chi connectivity index (χ4v) is 8.24. The van der Waals surface area contributed by atoms with Crippen LogP contribution in [0.1, 0.15) is 22.6 Å². The minimum Gasteiger partial charge on any atom is -0.506 e. The molecule has 0 aliphatic carbocycles. The SMILES string of the molecule is Cc1ncc(CO)c(CNP(=O)(O)OCC2OP3C(n4ccc(N)nc4=O)C3(P)C2O)c1O. The largest absolute Gasteiger partial charge is 0.506 e. The topological polar surface area (TPSA) is 202 Å². The number of aromatic hydroxyl groups is 1. The van der Waals surface area contributed by atoms with Crippen molar-refractivity contribution < 1.29 is 33.8 Å². The highest BCUT2D eigenvalue weighted by Gasteiger charge is 2.75. The average molecular weight is 519 g/mol. The number of nitrogen functional groups attached to an aromatic ring is 1. The van der Waals surface area contributed by atoms with E-state index in [1.807, 2.05) is 0 Å².